The summed E-state index contributed by atoms with van der Waals surface area (Å²) in [5.74, 6) is 1.09. The number of halogens is 1. The average molecular weight is 336 g/mol. The molecule has 0 bridgehead atoms. The Kier molecular flexibility index (Phi) is 5.86. The third kappa shape index (κ3) is 3.97. The highest BCUT2D eigenvalue weighted by atomic mass is 79.9. The van der Waals surface area contributed by atoms with Gasteiger partial charge in [-0.3, -0.25) is 0 Å². The molecule has 20 heavy (non-hydrogen) atoms. The van der Waals surface area contributed by atoms with Crippen molar-refractivity contribution < 1.29 is 4.42 Å². The van der Waals surface area contributed by atoms with E-state index in [1.54, 1.807) is 6.26 Å². The lowest BCUT2D eigenvalue weighted by Crippen LogP contribution is -2.24. The van der Waals surface area contributed by atoms with Gasteiger partial charge in [-0.25, -0.2) is 0 Å². The van der Waals surface area contributed by atoms with E-state index in [4.69, 9.17) is 4.42 Å². The van der Waals surface area contributed by atoms with Crippen LogP contribution in [0.1, 0.15) is 43.2 Å². The molecule has 1 aromatic carbocycles. The summed E-state index contributed by atoms with van der Waals surface area (Å²) in [5, 5.41) is 3.64. The molecule has 2 rings (SSSR count). The molecule has 0 radical (unpaired) electrons. The molecule has 2 nitrogen and oxygen atoms in total. The second kappa shape index (κ2) is 7.65. The van der Waals surface area contributed by atoms with Crippen molar-refractivity contribution in [1.82, 2.24) is 5.32 Å². The molecule has 0 fully saturated rings. The van der Waals surface area contributed by atoms with E-state index in [1.165, 1.54) is 11.1 Å². The smallest absolute Gasteiger partial charge is 0.108 e. The highest BCUT2D eigenvalue weighted by Crippen LogP contribution is 2.25. The van der Waals surface area contributed by atoms with Crippen LogP contribution < -0.4 is 5.32 Å². The minimum absolute atomic E-state index is 0.318. The fourth-order valence-electron chi connectivity index (χ4n) is 2.46. The van der Waals surface area contributed by atoms with Gasteiger partial charge in [-0.05, 0) is 43.1 Å². The summed E-state index contributed by atoms with van der Waals surface area (Å²) in [4.78, 5) is 0. The van der Waals surface area contributed by atoms with E-state index < -0.39 is 0 Å². The van der Waals surface area contributed by atoms with E-state index in [1.807, 2.05) is 0 Å². The highest BCUT2D eigenvalue weighted by Gasteiger charge is 2.17. The quantitative estimate of drug-likeness (QED) is 0.779. The van der Waals surface area contributed by atoms with Crippen molar-refractivity contribution in [3.63, 3.8) is 0 Å². The molecule has 1 atom stereocenters. The normalized spacial score (nSPS) is 12.6. The number of furan rings is 1. The van der Waals surface area contributed by atoms with Crippen molar-refractivity contribution in [3.8, 4) is 0 Å². The van der Waals surface area contributed by atoms with Crippen LogP contribution in [0.25, 0.3) is 0 Å². The van der Waals surface area contributed by atoms with Crippen LogP contribution in [-0.2, 0) is 12.8 Å². The Morgan fingerprint density at radius 1 is 1.25 bits per heavy atom. The number of rotatable bonds is 7. The Balaban J connectivity index is 2.19. The lowest BCUT2D eigenvalue weighted by atomic mass is 9.98. The van der Waals surface area contributed by atoms with Gasteiger partial charge in [-0.15, -0.1) is 0 Å². The van der Waals surface area contributed by atoms with Crippen molar-refractivity contribution >= 4 is 15.9 Å². The van der Waals surface area contributed by atoms with Gasteiger partial charge in [-0.1, -0.05) is 41.9 Å². The first-order valence-electron chi connectivity index (χ1n) is 7.28. The maximum absolute atomic E-state index is 5.59. The molecular formula is C17H22BrNO. The first kappa shape index (κ1) is 15.3. The molecule has 0 aliphatic heterocycles. The molecule has 0 aliphatic rings. The second-order valence-electron chi connectivity index (χ2n) is 4.99. The Morgan fingerprint density at radius 2 is 2.10 bits per heavy atom. The minimum atomic E-state index is 0.318. The van der Waals surface area contributed by atoms with E-state index in [0.29, 0.717) is 6.04 Å². The molecule has 1 unspecified atom stereocenters. The van der Waals surface area contributed by atoms with Crippen LogP contribution >= 0.6 is 15.9 Å². The van der Waals surface area contributed by atoms with Crippen LogP contribution in [0.3, 0.4) is 0 Å². The molecule has 3 heteroatoms. The maximum atomic E-state index is 5.59. The van der Waals surface area contributed by atoms with E-state index in [2.05, 4.69) is 65.4 Å². The number of benzene rings is 1. The standard InChI is InChI=1S/C17H22BrNO/c1-3-9-19-16(15-8-10-20-17(15)4-2)12-13-6-5-7-14(18)11-13/h5-8,10-11,16,19H,3-4,9,12H2,1-2H3. The van der Waals surface area contributed by atoms with Crippen molar-refractivity contribution in [3.05, 3.63) is 58.0 Å². The first-order valence-corrected chi connectivity index (χ1v) is 8.08. The zero-order valence-electron chi connectivity index (χ0n) is 12.2. The molecule has 108 valence electrons. The largest absolute Gasteiger partial charge is 0.469 e. The first-order chi connectivity index (χ1) is 9.74. The van der Waals surface area contributed by atoms with Crippen LogP contribution in [0.2, 0.25) is 0 Å². The van der Waals surface area contributed by atoms with E-state index >= 15 is 0 Å². The highest BCUT2D eigenvalue weighted by molar-refractivity contribution is 9.10. The molecule has 0 aliphatic carbocycles. The van der Waals surface area contributed by atoms with Gasteiger partial charge < -0.3 is 9.73 Å². The summed E-state index contributed by atoms with van der Waals surface area (Å²) in [5.41, 5.74) is 2.62. The molecule has 0 saturated heterocycles. The zero-order valence-corrected chi connectivity index (χ0v) is 13.7. The maximum Gasteiger partial charge on any atom is 0.108 e. The lowest BCUT2D eigenvalue weighted by Gasteiger charge is -2.19. The molecule has 0 saturated carbocycles. The van der Waals surface area contributed by atoms with E-state index in [-0.39, 0.29) is 0 Å². The minimum Gasteiger partial charge on any atom is -0.469 e. The molecule has 0 spiro atoms. The fraction of sp³-hybridized carbons (Fsp3) is 0.412. The second-order valence-corrected chi connectivity index (χ2v) is 5.91. The van der Waals surface area contributed by atoms with Gasteiger partial charge in [-0.2, -0.15) is 0 Å². The zero-order chi connectivity index (χ0) is 14.4. The van der Waals surface area contributed by atoms with E-state index in [0.717, 1.165) is 36.0 Å². The van der Waals surface area contributed by atoms with Gasteiger partial charge in [0.2, 0.25) is 0 Å². The predicted octanol–water partition coefficient (Wildman–Crippen LogP) is 4.89. The van der Waals surface area contributed by atoms with Gasteiger partial charge in [0, 0.05) is 22.5 Å². The van der Waals surface area contributed by atoms with Gasteiger partial charge >= 0.3 is 0 Å². The number of hydrogen-bond donors (Lipinski definition) is 1. The summed E-state index contributed by atoms with van der Waals surface area (Å²) in [6.07, 6.45) is 4.85. The topological polar surface area (TPSA) is 25.2 Å². The van der Waals surface area contributed by atoms with Gasteiger partial charge in [0.05, 0.1) is 6.26 Å². The molecule has 0 amide bonds. The van der Waals surface area contributed by atoms with Crippen LogP contribution in [0, 0.1) is 0 Å². The Bertz CT molecular complexity index is 535. The number of hydrogen-bond acceptors (Lipinski definition) is 2. The van der Waals surface area contributed by atoms with Gasteiger partial charge in [0.25, 0.3) is 0 Å². The van der Waals surface area contributed by atoms with Gasteiger partial charge in [0.1, 0.15) is 5.76 Å². The summed E-state index contributed by atoms with van der Waals surface area (Å²) >= 11 is 3.54. The molecular weight excluding hydrogens is 314 g/mol. The van der Waals surface area contributed by atoms with Crippen LogP contribution in [-0.4, -0.2) is 6.54 Å². The lowest BCUT2D eigenvalue weighted by molar-refractivity contribution is 0.481. The molecule has 1 heterocycles. The molecule has 2 aromatic rings. The summed E-state index contributed by atoms with van der Waals surface area (Å²) in [6, 6.07) is 10.9. The fourth-order valence-corrected chi connectivity index (χ4v) is 2.91. The Hall–Kier alpha value is -1.06. The monoisotopic (exact) mass is 335 g/mol. The van der Waals surface area contributed by atoms with Crippen molar-refractivity contribution in [2.75, 3.05) is 6.54 Å². The number of aryl methyl sites for hydroxylation is 1. The third-order valence-corrected chi connectivity index (χ3v) is 3.94. The van der Waals surface area contributed by atoms with Crippen LogP contribution in [0.5, 0.6) is 0 Å². The van der Waals surface area contributed by atoms with Crippen molar-refractivity contribution in [2.45, 2.75) is 39.2 Å². The van der Waals surface area contributed by atoms with E-state index in [9.17, 15) is 0 Å². The molecule has 1 aromatic heterocycles. The number of nitrogens with one attached hydrogen (secondary N) is 1. The molecule has 1 N–H and O–H groups in total. The average Bonchev–Trinajstić information content (AvgIpc) is 2.92. The summed E-state index contributed by atoms with van der Waals surface area (Å²) < 4.78 is 6.72. The SMILES string of the molecule is CCCNC(Cc1cccc(Br)c1)c1ccoc1CC. The van der Waals surface area contributed by atoms with Crippen molar-refractivity contribution in [2.24, 2.45) is 0 Å². The summed E-state index contributed by atoms with van der Waals surface area (Å²) in [6.45, 7) is 5.35. The van der Waals surface area contributed by atoms with Gasteiger partial charge in [0.15, 0.2) is 0 Å². The summed E-state index contributed by atoms with van der Waals surface area (Å²) in [7, 11) is 0. The predicted molar refractivity (Wildman–Crippen MR) is 87.0 cm³/mol. The van der Waals surface area contributed by atoms with Crippen LogP contribution in [0.4, 0.5) is 0 Å². The third-order valence-electron chi connectivity index (χ3n) is 3.45. The Labute approximate surface area is 129 Å². The Morgan fingerprint density at radius 3 is 2.80 bits per heavy atom. The van der Waals surface area contributed by atoms with Crippen molar-refractivity contribution in [1.29, 1.82) is 0 Å². The van der Waals surface area contributed by atoms with Crippen LogP contribution in [0.15, 0.2) is 45.5 Å².